The van der Waals surface area contributed by atoms with E-state index in [0.717, 1.165) is 22.5 Å². The highest BCUT2D eigenvalue weighted by molar-refractivity contribution is 5.79. The average Bonchev–Trinajstić information content (AvgIpc) is 2.77. The summed E-state index contributed by atoms with van der Waals surface area (Å²) < 4.78 is 17.0. The van der Waals surface area contributed by atoms with Gasteiger partial charge in [0, 0.05) is 29.4 Å². The summed E-state index contributed by atoms with van der Waals surface area (Å²) in [5, 5.41) is 3.37. The molecule has 0 amide bonds. The van der Waals surface area contributed by atoms with Gasteiger partial charge in [0.05, 0.1) is 12.8 Å². The maximum absolute atomic E-state index is 12.5. The summed E-state index contributed by atoms with van der Waals surface area (Å²) in [5.74, 6) is 0.727. The maximum atomic E-state index is 12.5. The Kier molecular flexibility index (Phi) is 7.26. The number of aromatic nitrogens is 1. The van der Waals surface area contributed by atoms with Crippen LogP contribution in [0.2, 0.25) is 0 Å². The fraction of sp³-hybridized carbons (Fsp3) is 0.333. The summed E-state index contributed by atoms with van der Waals surface area (Å²) in [7, 11) is 1.62. The predicted molar refractivity (Wildman–Crippen MR) is 131 cm³/mol. The van der Waals surface area contributed by atoms with Crippen LogP contribution in [0.1, 0.15) is 40.2 Å². The molecule has 0 saturated carbocycles. The summed E-state index contributed by atoms with van der Waals surface area (Å²) in [6.45, 7) is 9.42. The number of methoxy groups -OCH3 is 1. The van der Waals surface area contributed by atoms with Crippen molar-refractivity contribution in [1.29, 1.82) is 0 Å². The first kappa shape index (κ1) is 24.1. The molecular formula is C27H32N2O4. The normalized spacial score (nSPS) is 11.6. The number of nitrogens with one attached hydrogen (secondary N) is 1. The van der Waals surface area contributed by atoms with Gasteiger partial charge in [0.25, 0.3) is 0 Å². The zero-order valence-electron chi connectivity index (χ0n) is 20.1. The van der Waals surface area contributed by atoms with Crippen molar-refractivity contribution in [3.8, 4) is 22.9 Å². The Bertz CT molecular complexity index is 1090. The van der Waals surface area contributed by atoms with Crippen molar-refractivity contribution in [2.75, 3.05) is 12.4 Å². The van der Waals surface area contributed by atoms with E-state index in [0.29, 0.717) is 18.2 Å². The molecule has 0 fully saturated rings. The van der Waals surface area contributed by atoms with Crippen LogP contribution in [-0.4, -0.2) is 29.3 Å². The van der Waals surface area contributed by atoms with Gasteiger partial charge < -0.3 is 19.5 Å². The summed E-state index contributed by atoms with van der Waals surface area (Å²) in [6.07, 6.45) is 0. The molecule has 3 aromatic rings. The third-order valence-electron chi connectivity index (χ3n) is 4.78. The smallest absolute Gasteiger partial charge is 0.350 e. The van der Waals surface area contributed by atoms with Crippen LogP contribution in [0.15, 0.2) is 66.7 Å². The topological polar surface area (TPSA) is 69.7 Å². The minimum atomic E-state index is -1.12. The van der Waals surface area contributed by atoms with Crippen LogP contribution in [0, 0.1) is 0 Å². The summed E-state index contributed by atoms with van der Waals surface area (Å²) in [4.78, 5) is 17.1. The van der Waals surface area contributed by atoms with Gasteiger partial charge in [-0.15, -0.1) is 0 Å². The Balaban J connectivity index is 1.69. The molecule has 0 aliphatic carbocycles. The van der Waals surface area contributed by atoms with Crippen LogP contribution in [0.4, 0.5) is 5.69 Å². The highest BCUT2D eigenvalue weighted by Crippen LogP contribution is 2.27. The molecule has 0 aliphatic heterocycles. The predicted octanol–water partition coefficient (Wildman–Crippen LogP) is 5.87. The molecule has 0 aliphatic rings. The van der Waals surface area contributed by atoms with Crippen LogP contribution in [0.3, 0.4) is 0 Å². The zero-order chi connectivity index (χ0) is 24.1. The monoisotopic (exact) mass is 448 g/mol. The highest BCUT2D eigenvalue weighted by atomic mass is 16.6. The van der Waals surface area contributed by atoms with Gasteiger partial charge in [0.1, 0.15) is 11.4 Å². The number of nitrogens with zero attached hydrogens (tertiary/aromatic N) is 1. The second-order valence-electron chi connectivity index (χ2n) is 9.23. The Morgan fingerprint density at radius 3 is 2.33 bits per heavy atom. The second kappa shape index (κ2) is 9.94. The molecule has 0 spiro atoms. The Morgan fingerprint density at radius 2 is 1.67 bits per heavy atom. The first-order valence-electron chi connectivity index (χ1n) is 10.9. The number of benzene rings is 2. The first-order chi connectivity index (χ1) is 15.6. The maximum Gasteiger partial charge on any atom is 0.350 e. The number of hydrogen-bond donors (Lipinski definition) is 1. The first-order valence-corrected chi connectivity index (χ1v) is 10.9. The number of ether oxygens (including phenoxy) is 3. The average molecular weight is 449 g/mol. The quantitative estimate of drug-likeness (QED) is 0.435. The Hall–Kier alpha value is -3.54. The number of esters is 1. The third kappa shape index (κ3) is 6.72. The molecule has 1 N–H and O–H groups in total. The Labute approximate surface area is 195 Å². The molecule has 0 unspecified atom stereocenters. The van der Waals surface area contributed by atoms with E-state index in [1.54, 1.807) is 21.0 Å². The molecule has 2 aromatic carbocycles. The number of carbonyl (C=O) groups is 1. The lowest BCUT2D eigenvalue weighted by Gasteiger charge is -2.29. The van der Waals surface area contributed by atoms with Gasteiger partial charge >= 0.3 is 5.97 Å². The van der Waals surface area contributed by atoms with Crippen molar-refractivity contribution < 1.29 is 19.0 Å². The van der Waals surface area contributed by atoms with E-state index in [2.05, 4.69) is 10.3 Å². The molecule has 0 atom stereocenters. The van der Waals surface area contributed by atoms with Crippen LogP contribution in [0.25, 0.3) is 11.3 Å². The van der Waals surface area contributed by atoms with Crippen molar-refractivity contribution in [3.63, 3.8) is 0 Å². The molecule has 3 rings (SSSR count). The van der Waals surface area contributed by atoms with E-state index in [1.807, 2.05) is 87.5 Å². The lowest BCUT2D eigenvalue weighted by molar-refractivity contribution is -0.170. The van der Waals surface area contributed by atoms with Gasteiger partial charge in [0.2, 0.25) is 5.88 Å². The van der Waals surface area contributed by atoms with Crippen LogP contribution >= 0.6 is 0 Å². The fourth-order valence-electron chi connectivity index (χ4n) is 3.15. The van der Waals surface area contributed by atoms with E-state index >= 15 is 0 Å². The van der Waals surface area contributed by atoms with Gasteiger partial charge in [-0.1, -0.05) is 36.4 Å². The molecule has 0 bridgehead atoms. The van der Waals surface area contributed by atoms with Crippen molar-refractivity contribution in [2.45, 2.75) is 52.4 Å². The number of rotatable bonds is 8. The third-order valence-corrected chi connectivity index (χ3v) is 4.78. The summed E-state index contributed by atoms with van der Waals surface area (Å²) in [6, 6.07) is 21.4. The number of carbonyl (C=O) groups excluding carboxylic acids is 1. The van der Waals surface area contributed by atoms with E-state index < -0.39 is 17.2 Å². The SMILES string of the molecule is COc1nc(-c2ccccc2)ccc1CNc1cccc(OC(C)(C)C(=O)OC(C)(C)C)c1. The molecule has 0 radical (unpaired) electrons. The van der Waals surface area contributed by atoms with E-state index in [9.17, 15) is 4.79 Å². The highest BCUT2D eigenvalue weighted by Gasteiger charge is 2.34. The van der Waals surface area contributed by atoms with Gasteiger partial charge in [0.15, 0.2) is 5.60 Å². The van der Waals surface area contributed by atoms with Crippen LogP contribution in [-0.2, 0) is 16.1 Å². The molecule has 33 heavy (non-hydrogen) atoms. The van der Waals surface area contributed by atoms with E-state index in [-0.39, 0.29) is 0 Å². The summed E-state index contributed by atoms with van der Waals surface area (Å²) in [5.41, 5.74) is 1.97. The molecule has 1 heterocycles. The zero-order valence-corrected chi connectivity index (χ0v) is 20.1. The largest absolute Gasteiger partial charge is 0.481 e. The minimum absolute atomic E-state index is 0.414. The van der Waals surface area contributed by atoms with Crippen LogP contribution < -0.4 is 14.8 Å². The van der Waals surface area contributed by atoms with Crippen LogP contribution in [0.5, 0.6) is 11.6 Å². The lowest BCUT2D eigenvalue weighted by atomic mass is 10.1. The number of hydrogen-bond acceptors (Lipinski definition) is 6. The van der Waals surface area contributed by atoms with Gasteiger partial charge in [-0.25, -0.2) is 9.78 Å². The molecule has 6 heteroatoms. The van der Waals surface area contributed by atoms with E-state index in [4.69, 9.17) is 14.2 Å². The van der Waals surface area contributed by atoms with Crippen molar-refractivity contribution in [1.82, 2.24) is 4.98 Å². The Morgan fingerprint density at radius 1 is 0.939 bits per heavy atom. The molecule has 0 saturated heterocycles. The molecule has 6 nitrogen and oxygen atoms in total. The fourth-order valence-corrected chi connectivity index (χ4v) is 3.15. The van der Waals surface area contributed by atoms with Gasteiger partial charge in [-0.3, -0.25) is 0 Å². The number of anilines is 1. The molecule has 1 aromatic heterocycles. The van der Waals surface area contributed by atoms with E-state index in [1.165, 1.54) is 0 Å². The summed E-state index contributed by atoms with van der Waals surface area (Å²) >= 11 is 0. The standard InChI is InChI=1S/C27H32N2O4/c1-26(2,3)33-25(30)27(4,5)32-22-14-10-13-21(17-22)28-18-20-15-16-23(29-24(20)31-6)19-11-8-7-9-12-19/h7-17,28H,18H2,1-6H3. The minimum Gasteiger partial charge on any atom is -0.481 e. The van der Waals surface area contributed by atoms with Crippen molar-refractivity contribution in [2.24, 2.45) is 0 Å². The molecule has 174 valence electrons. The van der Waals surface area contributed by atoms with Gasteiger partial charge in [-0.2, -0.15) is 0 Å². The van der Waals surface area contributed by atoms with Gasteiger partial charge in [-0.05, 0) is 58.9 Å². The van der Waals surface area contributed by atoms with Crippen molar-refractivity contribution >= 4 is 11.7 Å². The molecular weight excluding hydrogens is 416 g/mol. The lowest BCUT2D eigenvalue weighted by Crippen LogP contribution is -2.43. The second-order valence-corrected chi connectivity index (χ2v) is 9.23. The number of pyridine rings is 1. The van der Waals surface area contributed by atoms with Crippen molar-refractivity contribution in [3.05, 3.63) is 72.3 Å².